The Bertz CT molecular complexity index is 797. The minimum absolute atomic E-state index is 0.00280. The first-order chi connectivity index (χ1) is 15.7. The van der Waals surface area contributed by atoms with Crippen LogP contribution < -0.4 is 10.6 Å². The fraction of sp³-hybridized carbons (Fsp3) is 0.931. The van der Waals surface area contributed by atoms with Gasteiger partial charge in [0.25, 0.3) is 0 Å². The molecular weight excluding hydrogens is 472 g/mol. The molecule has 0 aromatic rings. The van der Waals surface area contributed by atoms with Crippen molar-refractivity contribution in [1.29, 1.82) is 0 Å². The standard InChI is InChI=1S/C29H60N2O4S/c1-24(2,3)21-29(13,25(4,5)6)22(32)28(11,12)35-20-19-30-23(33)27(9,10)31-18-16-17-26(7,8)36(14,15)34/h31,36H,16-21H2,1-15H3,(H,30,33). The molecule has 0 aromatic heterocycles. The van der Waals surface area contributed by atoms with Gasteiger partial charge >= 0.3 is 0 Å². The molecule has 216 valence electrons. The van der Waals surface area contributed by atoms with Crippen molar-refractivity contribution in [2.45, 2.75) is 125 Å². The highest BCUT2D eigenvalue weighted by Gasteiger charge is 2.51. The van der Waals surface area contributed by atoms with Gasteiger partial charge in [0.2, 0.25) is 5.91 Å². The molecular formula is C29H60N2O4S. The number of hydrogen-bond donors (Lipinski definition) is 3. The van der Waals surface area contributed by atoms with Crippen LogP contribution in [0, 0.1) is 16.2 Å². The summed E-state index contributed by atoms with van der Waals surface area (Å²) in [5, 5.41) is 6.26. The number of ketones is 1. The summed E-state index contributed by atoms with van der Waals surface area (Å²) in [5.41, 5.74) is -2.47. The van der Waals surface area contributed by atoms with E-state index in [0.29, 0.717) is 13.1 Å². The highest BCUT2D eigenvalue weighted by Crippen LogP contribution is 2.49. The fourth-order valence-electron chi connectivity index (χ4n) is 4.44. The Labute approximate surface area is 224 Å². The number of ether oxygens (including phenoxy) is 1. The van der Waals surface area contributed by atoms with Crippen molar-refractivity contribution >= 4 is 21.6 Å². The second-order valence-corrected chi connectivity index (χ2v) is 19.0. The summed E-state index contributed by atoms with van der Waals surface area (Å²) in [6.45, 7) is 27.6. The largest absolute Gasteiger partial charge is 0.366 e. The van der Waals surface area contributed by atoms with Crippen LogP contribution in [0.25, 0.3) is 0 Å². The smallest absolute Gasteiger partial charge is 0.239 e. The molecule has 0 rings (SSSR count). The number of carbonyl (C=O) groups is 2. The average Bonchev–Trinajstić information content (AvgIpc) is 2.64. The van der Waals surface area contributed by atoms with Crippen LogP contribution in [0.2, 0.25) is 0 Å². The predicted octanol–water partition coefficient (Wildman–Crippen LogP) is 5.16. The van der Waals surface area contributed by atoms with Gasteiger partial charge < -0.3 is 15.4 Å². The highest BCUT2D eigenvalue weighted by molar-refractivity contribution is 8.02. The number of amides is 1. The second kappa shape index (κ2) is 11.9. The zero-order valence-electron chi connectivity index (χ0n) is 26.3. The number of rotatable bonds is 14. The van der Waals surface area contributed by atoms with E-state index in [1.54, 1.807) is 0 Å². The number of hydrogen-bond acceptors (Lipinski definition) is 5. The molecule has 1 atom stereocenters. The minimum atomic E-state index is -2.18. The lowest BCUT2D eigenvalue weighted by Crippen LogP contribution is -2.54. The summed E-state index contributed by atoms with van der Waals surface area (Å²) < 4.78 is 18.3. The maximum Gasteiger partial charge on any atom is 0.239 e. The van der Waals surface area contributed by atoms with E-state index in [1.165, 1.54) is 0 Å². The van der Waals surface area contributed by atoms with Gasteiger partial charge in [-0.15, -0.1) is 9.93 Å². The van der Waals surface area contributed by atoms with Gasteiger partial charge in [-0.05, 0) is 76.8 Å². The Balaban J connectivity index is 4.90. The molecule has 0 radical (unpaired) electrons. The third-order valence-corrected chi connectivity index (χ3v) is 11.1. The van der Waals surface area contributed by atoms with Crippen LogP contribution in [0.1, 0.15) is 109 Å². The summed E-state index contributed by atoms with van der Waals surface area (Å²) in [6.07, 6.45) is 6.11. The fourth-order valence-corrected chi connectivity index (χ4v) is 5.14. The first-order valence-electron chi connectivity index (χ1n) is 13.5. The van der Waals surface area contributed by atoms with Gasteiger partial charge in [0, 0.05) is 16.7 Å². The van der Waals surface area contributed by atoms with Crippen LogP contribution in [-0.4, -0.2) is 64.0 Å². The molecule has 6 nitrogen and oxygen atoms in total. The van der Waals surface area contributed by atoms with Crippen molar-refractivity contribution in [3.8, 4) is 0 Å². The van der Waals surface area contributed by atoms with Crippen LogP contribution in [0.15, 0.2) is 0 Å². The number of Topliss-reactive ketones (excluding diaryl/α,β-unsaturated/α-hetero) is 1. The summed E-state index contributed by atoms with van der Waals surface area (Å²) in [5.74, 6) is -0.0178. The molecule has 0 aliphatic heterocycles. The van der Waals surface area contributed by atoms with E-state index >= 15 is 0 Å². The maximum absolute atomic E-state index is 13.7. The zero-order valence-corrected chi connectivity index (χ0v) is 27.2. The van der Waals surface area contributed by atoms with Crippen LogP contribution in [0.4, 0.5) is 0 Å². The third kappa shape index (κ3) is 10.2. The number of carbonyl (C=O) groups excluding carboxylic acids is 2. The van der Waals surface area contributed by atoms with E-state index in [4.69, 9.17) is 4.74 Å². The van der Waals surface area contributed by atoms with E-state index in [9.17, 15) is 13.8 Å². The molecule has 1 amide bonds. The van der Waals surface area contributed by atoms with Crippen molar-refractivity contribution in [3.05, 3.63) is 0 Å². The van der Waals surface area contributed by atoms with Gasteiger partial charge in [0.15, 0.2) is 5.78 Å². The van der Waals surface area contributed by atoms with Gasteiger partial charge in [0.1, 0.15) is 5.60 Å². The summed E-state index contributed by atoms with van der Waals surface area (Å²) in [4.78, 5) is 26.5. The molecule has 0 bridgehead atoms. The summed E-state index contributed by atoms with van der Waals surface area (Å²) in [7, 11) is -2.18. The number of nitrogens with one attached hydrogen (secondary N) is 2. The lowest BCUT2D eigenvalue weighted by Gasteiger charge is -2.47. The average molecular weight is 533 g/mol. The van der Waals surface area contributed by atoms with Gasteiger partial charge in [-0.25, -0.2) is 0 Å². The van der Waals surface area contributed by atoms with Gasteiger partial charge in [-0.1, -0.05) is 62.3 Å². The van der Waals surface area contributed by atoms with Gasteiger partial charge in [-0.2, -0.15) is 0 Å². The molecule has 0 saturated heterocycles. The first kappa shape index (κ1) is 35.2. The lowest BCUT2D eigenvalue weighted by molar-refractivity contribution is -0.159. The van der Waals surface area contributed by atoms with E-state index in [0.717, 1.165) is 19.3 Å². The van der Waals surface area contributed by atoms with Crippen LogP contribution in [-0.2, 0) is 24.3 Å². The summed E-state index contributed by atoms with van der Waals surface area (Å²) in [6, 6.07) is 0. The van der Waals surface area contributed by atoms with Crippen molar-refractivity contribution in [2.75, 3.05) is 32.2 Å². The van der Waals surface area contributed by atoms with E-state index in [2.05, 4.69) is 59.1 Å². The van der Waals surface area contributed by atoms with Crippen molar-refractivity contribution in [3.63, 3.8) is 0 Å². The molecule has 7 heteroatoms. The third-order valence-electron chi connectivity index (χ3n) is 8.00. The van der Waals surface area contributed by atoms with Gasteiger partial charge in [0.05, 0.1) is 12.1 Å². The number of thiol groups is 1. The Morgan fingerprint density at radius 1 is 0.806 bits per heavy atom. The topological polar surface area (TPSA) is 84.5 Å². The van der Waals surface area contributed by atoms with Crippen LogP contribution in [0.3, 0.4) is 0 Å². The predicted molar refractivity (Wildman–Crippen MR) is 156 cm³/mol. The molecule has 0 aliphatic carbocycles. The molecule has 2 N–H and O–H groups in total. The summed E-state index contributed by atoms with van der Waals surface area (Å²) >= 11 is 0. The monoisotopic (exact) mass is 532 g/mol. The molecule has 0 aromatic carbocycles. The molecule has 0 fully saturated rings. The van der Waals surface area contributed by atoms with E-state index in [1.807, 2.05) is 54.1 Å². The molecule has 0 saturated carbocycles. The van der Waals surface area contributed by atoms with Crippen LogP contribution in [0.5, 0.6) is 0 Å². The molecule has 36 heavy (non-hydrogen) atoms. The normalized spacial score (nSPS) is 16.4. The zero-order chi connectivity index (χ0) is 29.0. The van der Waals surface area contributed by atoms with E-state index < -0.39 is 26.5 Å². The SMILES string of the molecule is CC(C)(C)CC(C)(C(=O)C(C)(C)OCCNC(=O)C(C)(C)NCCCC(C)(C)[SH](C)(C)=O)C(C)(C)C. The Morgan fingerprint density at radius 3 is 1.72 bits per heavy atom. The van der Waals surface area contributed by atoms with Gasteiger partial charge in [-0.3, -0.25) is 13.8 Å². The molecule has 1 unspecified atom stereocenters. The highest BCUT2D eigenvalue weighted by atomic mass is 32.2. The first-order valence-corrected chi connectivity index (χ1v) is 16.1. The molecule has 0 aliphatic rings. The van der Waals surface area contributed by atoms with E-state index in [-0.39, 0.29) is 33.9 Å². The van der Waals surface area contributed by atoms with Crippen LogP contribution >= 0.6 is 0 Å². The lowest BCUT2D eigenvalue weighted by atomic mass is 9.57. The molecule has 0 spiro atoms. The van der Waals surface area contributed by atoms with Crippen molar-refractivity contribution in [2.24, 2.45) is 16.2 Å². The van der Waals surface area contributed by atoms with Crippen molar-refractivity contribution < 1.29 is 18.5 Å². The Morgan fingerprint density at radius 2 is 1.31 bits per heavy atom. The maximum atomic E-state index is 13.7. The minimum Gasteiger partial charge on any atom is -0.366 e. The second-order valence-electron chi connectivity index (χ2n) is 15.1. The Kier molecular flexibility index (Phi) is 11.7. The quantitative estimate of drug-likeness (QED) is 0.213. The Hall–Kier alpha value is -0.790. The van der Waals surface area contributed by atoms with Crippen molar-refractivity contribution in [1.82, 2.24) is 10.6 Å². The molecule has 0 heterocycles.